The molecule has 0 bridgehead atoms. The second-order valence-corrected chi connectivity index (χ2v) is 5.72. The molecule has 2 rings (SSSR count). The van der Waals surface area contributed by atoms with E-state index in [0.717, 1.165) is 25.1 Å². The van der Waals surface area contributed by atoms with Crippen molar-refractivity contribution in [3.63, 3.8) is 0 Å². The van der Waals surface area contributed by atoms with Gasteiger partial charge in [0, 0.05) is 20.1 Å². The Bertz CT molecular complexity index is 483. The Morgan fingerprint density at radius 3 is 2.95 bits per heavy atom. The van der Waals surface area contributed by atoms with E-state index in [1.807, 2.05) is 26.0 Å². The van der Waals surface area contributed by atoms with Gasteiger partial charge in [-0.15, -0.1) is 0 Å². The van der Waals surface area contributed by atoms with Gasteiger partial charge < -0.3 is 14.8 Å². The van der Waals surface area contributed by atoms with Gasteiger partial charge in [-0.25, -0.2) is 4.79 Å². The highest BCUT2D eigenvalue weighted by Gasteiger charge is 2.20. The van der Waals surface area contributed by atoms with Gasteiger partial charge in [-0.2, -0.15) is 0 Å². The number of fused-ring (bicyclic) bond motifs is 1. The fraction of sp³-hybridized carbons (Fsp3) is 0.562. The molecule has 1 aliphatic heterocycles. The minimum atomic E-state index is -0.264. The lowest BCUT2D eigenvalue weighted by Crippen LogP contribution is -2.27. The van der Waals surface area contributed by atoms with Gasteiger partial charge in [0.25, 0.3) is 0 Å². The van der Waals surface area contributed by atoms with Gasteiger partial charge in [-0.1, -0.05) is 12.1 Å². The average molecular weight is 277 g/mol. The van der Waals surface area contributed by atoms with Crippen LogP contribution in [-0.2, 0) is 22.4 Å². The average Bonchev–Trinajstić information content (AvgIpc) is 2.46. The first-order valence-electron chi connectivity index (χ1n) is 7.07. The molecule has 0 radical (unpaired) electrons. The van der Waals surface area contributed by atoms with Crippen molar-refractivity contribution >= 4 is 5.97 Å². The number of carbonyl (C=O) groups is 1. The van der Waals surface area contributed by atoms with E-state index >= 15 is 0 Å². The van der Waals surface area contributed by atoms with Crippen molar-refractivity contribution in [2.24, 2.45) is 0 Å². The normalized spacial score (nSPS) is 14.8. The molecule has 4 heteroatoms. The third-order valence-electron chi connectivity index (χ3n) is 3.85. The fourth-order valence-electron chi connectivity index (χ4n) is 2.29. The molecule has 0 spiro atoms. The van der Waals surface area contributed by atoms with Crippen LogP contribution in [0.3, 0.4) is 0 Å². The van der Waals surface area contributed by atoms with E-state index in [2.05, 4.69) is 11.4 Å². The molecule has 0 aromatic heterocycles. The smallest absolute Gasteiger partial charge is 0.338 e. The number of rotatable bonds is 5. The van der Waals surface area contributed by atoms with Gasteiger partial charge in [0.15, 0.2) is 0 Å². The van der Waals surface area contributed by atoms with Gasteiger partial charge in [0.1, 0.15) is 0 Å². The highest BCUT2D eigenvalue weighted by Crippen LogP contribution is 2.20. The van der Waals surface area contributed by atoms with E-state index in [9.17, 15) is 4.79 Å². The summed E-state index contributed by atoms with van der Waals surface area (Å²) >= 11 is 0. The highest BCUT2D eigenvalue weighted by molar-refractivity contribution is 5.91. The van der Waals surface area contributed by atoms with E-state index in [0.29, 0.717) is 18.6 Å². The molecule has 0 unspecified atom stereocenters. The molecule has 0 amide bonds. The second kappa shape index (κ2) is 6.37. The van der Waals surface area contributed by atoms with E-state index in [1.165, 1.54) is 5.56 Å². The molecule has 0 saturated carbocycles. The maximum atomic E-state index is 12.2. The SMILES string of the molecule is COC(C)(C)CCOC(=O)c1cccc2c1CCNC2. The van der Waals surface area contributed by atoms with Gasteiger partial charge >= 0.3 is 5.97 Å². The summed E-state index contributed by atoms with van der Waals surface area (Å²) in [4.78, 5) is 12.2. The summed E-state index contributed by atoms with van der Waals surface area (Å²) < 4.78 is 10.7. The molecule has 20 heavy (non-hydrogen) atoms. The summed E-state index contributed by atoms with van der Waals surface area (Å²) in [7, 11) is 1.67. The van der Waals surface area contributed by atoms with Crippen molar-refractivity contribution in [3.05, 3.63) is 34.9 Å². The van der Waals surface area contributed by atoms with Crippen molar-refractivity contribution in [3.8, 4) is 0 Å². The fourth-order valence-corrected chi connectivity index (χ4v) is 2.29. The van der Waals surface area contributed by atoms with Crippen molar-refractivity contribution in [2.45, 2.75) is 38.8 Å². The molecular formula is C16H23NO3. The van der Waals surface area contributed by atoms with Crippen LogP contribution >= 0.6 is 0 Å². The predicted octanol–water partition coefficient (Wildman–Crippen LogP) is 2.30. The van der Waals surface area contributed by atoms with Crippen LogP contribution in [0, 0.1) is 0 Å². The monoisotopic (exact) mass is 277 g/mol. The van der Waals surface area contributed by atoms with Crippen LogP contribution in [0.2, 0.25) is 0 Å². The van der Waals surface area contributed by atoms with Crippen LogP contribution in [0.5, 0.6) is 0 Å². The number of carbonyl (C=O) groups excluding carboxylic acids is 1. The lowest BCUT2D eigenvalue weighted by molar-refractivity contribution is -0.00566. The zero-order valence-corrected chi connectivity index (χ0v) is 12.5. The van der Waals surface area contributed by atoms with Crippen LogP contribution in [0.1, 0.15) is 41.8 Å². The molecular weight excluding hydrogens is 254 g/mol. The molecule has 110 valence electrons. The lowest BCUT2D eigenvalue weighted by atomic mass is 9.95. The zero-order valence-electron chi connectivity index (χ0n) is 12.5. The van der Waals surface area contributed by atoms with Gasteiger partial charge in [0.05, 0.1) is 17.8 Å². The van der Waals surface area contributed by atoms with Crippen molar-refractivity contribution in [1.29, 1.82) is 0 Å². The van der Waals surface area contributed by atoms with E-state index in [-0.39, 0.29) is 11.6 Å². The molecule has 1 aliphatic rings. The zero-order chi connectivity index (χ0) is 14.6. The molecule has 1 heterocycles. The number of esters is 1. The van der Waals surface area contributed by atoms with Crippen molar-refractivity contribution < 1.29 is 14.3 Å². The lowest BCUT2D eigenvalue weighted by Gasteiger charge is -2.23. The van der Waals surface area contributed by atoms with Gasteiger partial charge in [0.2, 0.25) is 0 Å². The summed E-state index contributed by atoms with van der Waals surface area (Å²) in [6.07, 6.45) is 1.57. The van der Waals surface area contributed by atoms with Crippen LogP contribution < -0.4 is 5.32 Å². The Kier molecular flexibility index (Phi) is 4.78. The minimum Gasteiger partial charge on any atom is -0.462 e. The Labute approximate surface area is 120 Å². The maximum absolute atomic E-state index is 12.2. The van der Waals surface area contributed by atoms with Crippen LogP contribution in [0.25, 0.3) is 0 Å². The first-order chi connectivity index (χ1) is 9.53. The topological polar surface area (TPSA) is 47.6 Å². The Morgan fingerprint density at radius 2 is 2.20 bits per heavy atom. The van der Waals surface area contributed by atoms with Gasteiger partial charge in [-0.05, 0) is 44.0 Å². The predicted molar refractivity (Wildman–Crippen MR) is 77.8 cm³/mol. The van der Waals surface area contributed by atoms with Crippen molar-refractivity contribution in [2.75, 3.05) is 20.3 Å². The molecule has 0 atom stereocenters. The number of hydrogen-bond donors (Lipinski definition) is 1. The number of hydrogen-bond acceptors (Lipinski definition) is 4. The molecule has 4 nitrogen and oxygen atoms in total. The van der Waals surface area contributed by atoms with Gasteiger partial charge in [-0.3, -0.25) is 0 Å². The largest absolute Gasteiger partial charge is 0.462 e. The van der Waals surface area contributed by atoms with E-state index < -0.39 is 0 Å². The number of nitrogens with one attached hydrogen (secondary N) is 1. The first kappa shape index (κ1) is 15.0. The molecule has 1 aromatic carbocycles. The summed E-state index contributed by atoms with van der Waals surface area (Å²) in [6, 6.07) is 5.84. The molecule has 1 aromatic rings. The third-order valence-corrected chi connectivity index (χ3v) is 3.85. The Balaban J connectivity index is 2.00. The third kappa shape index (κ3) is 3.58. The second-order valence-electron chi connectivity index (χ2n) is 5.72. The Morgan fingerprint density at radius 1 is 1.40 bits per heavy atom. The van der Waals surface area contributed by atoms with Crippen molar-refractivity contribution in [1.82, 2.24) is 5.32 Å². The number of ether oxygens (including phenoxy) is 2. The summed E-state index contributed by atoms with van der Waals surface area (Å²) in [5.41, 5.74) is 2.77. The molecule has 0 saturated heterocycles. The first-order valence-corrected chi connectivity index (χ1v) is 7.07. The molecule has 0 fully saturated rings. The highest BCUT2D eigenvalue weighted by atomic mass is 16.5. The quantitative estimate of drug-likeness (QED) is 0.839. The van der Waals surface area contributed by atoms with E-state index in [4.69, 9.17) is 9.47 Å². The maximum Gasteiger partial charge on any atom is 0.338 e. The summed E-state index contributed by atoms with van der Waals surface area (Å²) in [6.45, 7) is 6.08. The minimum absolute atomic E-state index is 0.226. The number of benzene rings is 1. The summed E-state index contributed by atoms with van der Waals surface area (Å²) in [5.74, 6) is -0.226. The van der Waals surface area contributed by atoms with Crippen LogP contribution in [0.4, 0.5) is 0 Å². The van der Waals surface area contributed by atoms with Crippen LogP contribution in [0.15, 0.2) is 18.2 Å². The summed E-state index contributed by atoms with van der Waals surface area (Å²) in [5, 5.41) is 3.31. The molecule has 0 aliphatic carbocycles. The standard InChI is InChI=1S/C16H23NO3/c1-16(2,19-3)8-10-20-15(18)14-6-4-5-12-11-17-9-7-13(12)14/h4-6,17H,7-11H2,1-3H3. The molecule has 1 N–H and O–H groups in total. The van der Waals surface area contributed by atoms with E-state index in [1.54, 1.807) is 7.11 Å². The number of methoxy groups -OCH3 is 1. The van der Waals surface area contributed by atoms with Crippen LogP contribution in [-0.4, -0.2) is 31.8 Å². The Hall–Kier alpha value is -1.39.